The molecule has 12 nitrogen and oxygen atoms in total. The molecule has 0 aliphatic heterocycles. The van der Waals surface area contributed by atoms with Crippen LogP contribution in [0.3, 0.4) is 0 Å². The van der Waals surface area contributed by atoms with Gasteiger partial charge in [-0.15, -0.1) is 0 Å². The molecule has 0 aromatic carbocycles. The first-order chi connectivity index (χ1) is 21.6. The minimum absolute atomic E-state index is 0.00857. The van der Waals surface area contributed by atoms with E-state index in [0.717, 1.165) is 17.6 Å². The number of ether oxygens (including phenoxy) is 2. The van der Waals surface area contributed by atoms with E-state index in [0.29, 0.717) is 36.8 Å². The summed E-state index contributed by atoms with van der Waals surface area (Å²) >= 11 is 6.16. The summed E-state index contributed by atoms with van der Waals surface area (Å²) in [6.07, 6.45) is 5.84. The molecule has 0 unspecified atom stereocenters. The van der Waals surface area contributed by atoms with Crippen molar-refractivity contribution in [3.05, 3.63) is 93.1 Å². The number of aryl methyl sites for hydroxylation is 4. The number of rotatable bonds is 10. The van der Waals surface area contributed by atoms with Crippen LogP contribution in [0.5, 0.6) is 0 Å². The predicted octanol–water partition coefficient (Wildman–Crippen LogP) is 5.82. The molecule has 0 fully saturated rings. The van der Waals surface area contributed by atoms with Crippen molar-refractivity contribution in [1.29, 1.82) is 5.26 Å². The second kappa shape index (κ2) is 22.2. The Kier molecular flexibility index (Phi) is 19.1. The van der Waals surface area contributed by atoms with Crippen LogP contribution in [-0.2, 0) is 35.2 Å². The fraction of sp³-hybridized carbons (Fsp3) is 0.321. The van der Waals surface area contributed by atoms with E-state index in [1.165, 1.54) is 31.6 Å². The van der Waals surface area contributed by atoms with Crippen molar-refractivity contribution in [3.8, 4) is 6.07 Å². The molecule has 237 valence electrons. The molecule has 0 spiro atoms. The summed E-state index contributed by atoms with van der Waals surface area (Å²) in [7, 11) is 4.34. The van der Waals surface area contributed by atoms with Crippen molar-refractivity contribution in [2.24, 2.45) is 4.30 Å². The Morgan fingerprint density at radius 1 is 0.978 bits per heavy atom. The Labute approximate surface area is 273 Å². The van der Waals surface area contributed by atoms with E-state index < -0.39 is 23.6 Å². The molecule has 4 aromatic heterocycles. The molecule has 0 amide bonds. The zero-order valence-electron chi connectivity index (χ0n) is 24.6. The summed E-state index contributed by atoms with van der Waals surface area (Å²) in [5.74, 6) is -2.11. The van der Waals surface area contributed by atoms with E-state index in [1.807, 2.05) is 0 Å². The molecule has 0 aliphatic carbocycles. The Morgan fingerprint density at radius 2 is 1.44 bits per heavy atom. The molecular weight excluding hydrogens is 677 g/mol. The number of aromatic nitrogens is 4. The van der Waals surface area contributed by atoms with E-state index in [-0.39, 0.29) is 29.2 Å². The van der Waals surface area contributed by atoms with Gasteiger partial charge in [0, 0.05) is 19.1 Å². The maximum atomic E-state index is 13.6. The van der Waals surface area contributed by atoms with Gasteiger partial charge in [-0.1, -0.05) is 10.3 Å². The normalized spacial score (nSPS) is 9.53. The van der Waals surface area contributed by atoms with Gasteiger partial charge >= 0.3 is 36.7 Å². The Balaban J connectivity index is 0.000000384. The van der Waals surface area contributed by atoms with Crippen LogP contribution in [0.25, 0.3) is 0 Å². The molecule has 0 aliphatic rings. The molecular formula is C28H29BBrF2N6O6S. The number of carbonyl (C=O) groups is 2. The maximum absolute atomic E-state index is 13.6. The minimum atomic E-state index is -0.566. The summed E-state index contributed by atoms with van der Waals surface area (Å²) in [5, 5.41) is 14.8. The molecule has 17 heteroatoms. The van der Waals surface area contributed by atoms with Crippen LogP contribution in [0.4, 0.5) is 8.78 Å². The summed E-state index contributed by atoms with van der Waals surface area (Å²) in [4.78, 5) is 31.2. The van der Waals surface area contributed by atoms with Gasteiger partial charge in [0.05, 0.1) is 36.9 Å². The third-order valence-electron chi connectivity index (χ3n) is 5.17. The van der Waals surface area contributed by atoms with E-state index in [2.05, 4.69) is 61.0 Å². The molecule has 4 rings (SSSR count). The summed E-state index contributed by atoms with van der Waals surface area (Å²) in [6, 6.07) is 7.76. The van der Waals surface area contributed by atoms with Gasteiger partial charge in [-0.3, -0.25) is 0 Å². The standard InChI is InChI=1S/C13H12BrFN2O3.C13H13FN2O3.C2H3N.BHNS/c1-2-19-13(18)11-8(7-10(15)12(14)16-11)3-4-9-5-6-20-17-9;1-2-18-13(17)12-9(7-10(14)8-15-12)3-4-11-5-6-19-16-11;2*1-2-3/h5-7H,2-4H2,1H3;5-8H,2-4H2,1H3;1H3;3H. The number of carbonyl (C=O) groups excluding carboxylic acids is 2. The van der Waals surface area contributed by atoms with Gasteiger partial charge in [-0.2, -0.15) is 5.26 Å². The van der Waals surface area contributed by atoms with Crippen LogP contribution >= 0.6 is 28.7 Å². The average molecular weight is 706 g/mol. The number of hydrogen-bond donors (Lipinski definition) is 1. The second-order valence-corrected chi connectivity index (χ2v) is 9.17. The van der Waals surface area contributed by atoms with Gasteiger partial charge < -0.3 is 18.5 Å². The first kappa shape index (κ1) is 38.7. The zero-order valence-corrected chi connectivity index (χ0v) is 27.1. The van der Waals surface area contributed by atoms with Gasteiger partial charge in [-0.05, 0) is 78.7 Å². The molecule has 1 radical (unpaired) electrons. The van der Waals surface area contributed by atoms with Crippen LogP contribution in [0.1, 0.15) is 64.3 Å². The third kappa shape index (κ3) is 14.4. The van der Waals surface area contributed by atoms with Crippen molar-refractivity contribution < 1.29 is 36.9 Å². The number of nitriles is 1. The van der Waals surface area contributed by atoms with Crippen LogP contribution in [-0.4, -0.2) is 53.1 Å². The Hall–Kier alpha value is -4.30. The topological polar surface area (TPSA) is 167 Å². The quantitative estimate of drug-likeness (QED) is 0.0914. The average Bonchev–Trinajstić information content (AvgIpc) is 3.73. The van der Waals surface area contributed by atoms with Crippen molar-refractivity contribution >= 4 is 48.3 Å². The zero-order chi connectivity index (χ0) is 33.6. The molecule has 0 saturated carbocycles. The Morgan fingerprint density at radius 3 is 1.89 bits per heavy atom. The molecule has 4 heterocycles. The van der Waals surface area contributed by atoms with E-state index in [4.69, 9.17) is 23.8 Å². The van der Waals surface area contributed by atoms with Crippen molar-refractivity contribution in [3.63, 3.8) is 0 Å². The first-order valence-electron chi connectivity index (χ1n) is 13.1. The molecule has 0 bridgehead atoms. The predicted molar refractivity (Wildman–Crippen MR) is 164 cm³/mol. The van der Waals surface area contributed by atoms with Crippen LogP contribution < -0.4 is 0 Å². The van der Waals surface area contributed by atoms with Gasteiger partial charge in [0.25, 0.3) is 0 Å². The number of hydrogen-bond acceptors (Lipinski definition) is 13. The second-order valence-electron chi connectivity index (χ2n) is 8.19. The molecule has 45 heavy (non-hydrogen) atoms. The first-order valence-corrected chi connectivity index (χ1v) is 14.3. The number of halogens is 3. The molecule has 0 saturated heterocycles. The van der Waals surface area contributed by atoms with Crippen molar-refractivity contribution in [1.82, 2.24) is 20.3 Å². The van der Waals surface area contributed by atoms with Gasteiger partial charge in [0.1, 0.15) is 22.9 Å². The van der Waals surface area contributed by atoms with E-state index in [9.17, 15) is 18.4 Å². The number of thiol groups is 1. The monoisotopic (exact) mass is 705 g/mol. The number of esters is 2. The summed E-state index contributed by atoms with van der Waals surface area (Å²) < 4.78 is 48.7. The van der Waals surface area contributed by atoms with Gasteiger partial charge in [-0.25, -0.2) is 28.3 Å². The number of pyridine rings is 2. The van der Waals surface area contributed by atoms with Crippen LogP contribution in [0, 0.1) is 23.0 Å². The van der Waals surface area contributed by atoms with Crippen molar-refractivity contribution in [2.45, 2.75) is 46.5 Å². The number of nitrogens with zero attached hydrogens (tertiary/aromatic N) is 6. The van der Waals surface area contributed by atoms with E-state index in [1.54, 1.807) is 32.0 Å². The van der Waals surface area contributed by atoms with Gasteiger partial charge in [0.2, 0.25) is 0 Å². The Bertz CT molecular complexity index is 1520. The summed E-state index contributed by atoms with van der Waals surface area (Å²) in [6.45, 7) is 5.32. The van der Waals surface area contributed by atoms with E-state index >= 15 is 0 Å². The molecule has 0 N–H and O–H groups in total. The van der Waals surface area contributed by atoms with Crippen LogP contribution in [0.15, 0.2) is 60.9 Å². The van der Waals surface area contributed by atoms with Crippen molar-refractivity contribution in [2.75, 3.05) is 13.2 Å². The van der Waals surface area contributed by atoms with Crippen LogP contribution in [0.2, 0.25) is 0 Å². The SMILES string of the molecule is CC#N.CCOC(=O)c1nc(Br)c(F)cc1CCc1ccon1.CCOC(=O)c1ncc(F)cc1CCc1ccon1.[B]=NS. The third-order valence-corrected chi connectivity index (χ3v) is 5.72. The van der Waals surface area contributed by atoms with Gasteiger partial charge in [0.15, 0.2) is 17.2 Å². The fourth-order valence-electron chi connectivity index (χ4n) is 3.38. The fourth-order valence-corrected chi connectivity index (χ4v) is 3.68. The molecule has 0 atom stereocenters. The molecule has 4 aromatic rings. The summed E-state index contributed by atoms with van der Waals surface area (Å²) in [5.41, 5.74) is 2.70.